The predicted octanol–water partition coefficient (Wildman–Crippen LogP) is -0.216. The first kappa shape index (κ1) is 6.73. The summed E-state index contributed by atoms with van der Waals surface area (Å²) in [4.78, 5) is 12.9. The van der Waals surface area contributed by atoms with E-state index in [4.69, 9.17) is 7.85 Å². The van der Waals surface area contributed by atoms with Crippen molar-refractivity contribution < 1.29 is 4.92 Å². The molecule has 1 rings (SSSR count). The highest BCUT2D eigenvalue weighted by molar-refractivity contribution is 6.34. The van der Waals surface area contributed by atoms with Crippen LogP contribution in [0.25, 0.3) is 0 Å². The number of nitrogens with zero attached hydrogens (tertiary/aromatic N) is 2. The van der Waals surface area contributed by atoms with E-state index in [0.29, 0.717) is 0 Å². The second-order valence-corrected chi connectivity index (χ2v) is 1.67. The van der Waals surface area contributed by atoms with Crippen molar-refractivity contribution in [2.24, 2.45) is 0 Å². The maximum absolute atomic E-state index is 10.1. The van der Waals surface area contributed by atoms with Crippen LogP contribution in [0.15, 0.2) is 18.3 Å². The molecule has 48 valence electrons. The molecular formula is C5H3BN2O2. The van der Waals surface area contributed by atoms with Gasteiger partial charge in [-0.05, 0) is 21.4 Å². The van der Waals surface area contributed by atoms with Crippen LogP contribution in [-0.2, 0) is 0 Å². The molecule has 2 radical (unpaired) electrons. The molecule has 0 fully saturated rings. The molecule has 10 heavy (non-hydrogen) atoms. The molecule has 0 atom stereocenters. The van der Waals surface area contributed by atoms with E-state index in [1.165, 1.54) is 12.3 Å². The quantitative estimate of drug-likeness (QED) is 0.303. The van der Waals surface area contributed by atoms with Gasteiger partial charge in [0.05, 0.1) is 0 Å². The Morgan fingerprint density at radius 1 is 1.70 bits per heavy atom. The van der Waals surface area contributed by atoms with Gasteiger partial charge < -0.3 is 10.1 Å². The van der Waals surface area contributed by atoms with E-state index in [9.17, 15) is 10.1 Å². The average molecular weight is 134 g/mol. The van der Waals surface area contributed by atoms with E-state index in [-0.39, 0.29) is 11.3 Å². The maximum Gasteiger partial charge on any atom is 0.356 e. The van der Waals surface area contributed by atoms with Gasteiger partial charge in [0.25, 0.3) is 0 Å². The van der Waals surface area contributed by atoms with Crippen LogP contribution in [0.5, 0.6) is 0 Å². The monoisotopic (exact) mass is 134 g/mol. The molecule has 4 nitrogen and oxygen atoms in total. The Morgan fingerprint density at radius 2 is 2.40 bits per heavy atom. The van der Waals surface area contributed by atoms with Gasteiger partial charge in [0.1, 0.15) is 14.0 Å². The Balaban J connectivity index is 3.15. The number of nitro groups is 1. The molecule has 1 heterocycles. The average Bonchev–Trinajstić information content (AvgIpc) is 1.88. The molecule has 1 aromatic heterocycles. The minimum atomic E-state index is -0.616. The lowest BCUT2D eigenvalue weighted by Gasteiger charge is -1.93. The molecule has 0 unspecified atom stereocenters. The van der Waals surface area contributed by atoms with Gasteiger partial charge in [-0.1, -0.05) is 6.07 Å². The van der Waals surface area contributed by atoms with Gasteiger partial charge in [-0.2, -0.15) is 0 Å². The van der Waals surface area contributed by atoms with E-state index in [2.05, 4.69) is 4.98 Å². The van der Waals surface area contributed by atoms with Gasteiger partial charge >= 0.3 is 5.82 Å². The number of aromatic nitrogens is 1. The van der Waals surface area contributed by atoms with Crippen molar-refractivity contribution in [3.05, 3.63) is 28.4 Å². The summed E-state index contributed by atoms with van der Waals surface area (Å²) >= 11 is 0. The maximum atomic E-state index is 10.1. The Bertz CT molecular complexity index is 264. The van der Waals surface area contributed by atoms with Gasteiger partial charge in [-0.3, -0.25) is 0 Å². The number of hydrogen-bond acceptors (Lipinski definition) is 3. The lowest BCUT2D eigenvalue weighted by molar-refractivity contribution is -0.388. The van der Waals surface area contributed by atoms with Crippen molar-refractivity contribution in [1.82, 2.24) is 4.98 Å². The molecule has 0 aliphatic heterocycles. The number of pyridine rings is 1. The summed E-state index contributed by atoms with van der Waals surface area (Å²) in [5, 5.41) is 10.1. The molecule has 1 aromatic rings. The van der Waals surface area contributed by atoms with E-state index in [1.54, 1.807) is 6.07 Å². The summed E-state index contributed by atoms with van der Waals surface area (Å²) in [7, 11) is 5.22. The van der Waals surface area contributed by atoms with E-state index in [1.807, 2.05) is 0 Å². The molecule has 0 N–H and O–H groups in total. The summed E-state index contributed by atoms with van der Waals surface area (Å²) < 4.78 is 0. The third-order valence-electron chi connectivity index (χ3n) is 0.990. The lowest BCUT2D eigenvalue weighted by Crippen LogP contribution is -2.10. The first-order valence-electron chi connectivity index (χ1n) is 2.56. The molecule has 0 spiro atoms. The molecular weight excluding hydrogens is 131 g/mol. The Hall–Kier alpha value is -1.39. The molecule has 0 amide bonds. The Labute approximate surface area is 58.5 Å². The zero-order chi connectivity index (χ0) is 7.56. The largest absolute Gasteiger partial charge is 0.358 e. The fourth-order valence-electron chi connectivity index (χ4n) is 0.562. The number of rotatable bonds is 1. The highest BCUT2D eigenvalue weighted by Crippen LogP contribution is 1.97. The van der Waals surface area contributed by atoms with Gasteiger partial charge in [0.15, 0.2) is 0 Å². The molecule has 0 saturated carbocycles. The second kappa shape index (κ2) is 2.47. The minimum Gasteiger partial charge on any atom is -0.358 e. The van der Waals surface area contributed by atoms with E-state index >= 15 is 0 Å². The van der Waals surface area contributed by atoms with E-state index < -0.39 is 4.92 Å². The molecule has 0 saturated heterocycles. The van der Waals surface area contributed by atoms with Gasteiger partial charge in [0.2, 0.25) is 0 Å². The molecule has 0 aliphatic carbocycles. The highest BCUT2D eigenvalue weighted by atomic mass is 16.6. The van der Waals surface area contributed by atoms with E-state index in [0.717, 1.165) is 0 Å². The van der Waals surface area contributed by atoms with Crippen LogP contribution in [0.3, 0.4) is 0 Å². The normalized spacial score (nSPS) is 9.20. The standard InChI is InChI=1S/C5H3BN2O2/c6-4-2-1-3-7-5(4)8(9)10/h1-3H. The van der Waals surface area contributed by atoms with Gasteiger partial charge in [-0.25, -0.2) is 0 Å². The SMILES string of the molecule is [B]c1cccnc1[N+](=O)[O-]. The van der Waals surface area contributed by atoms with Crippen LogP contribution in [0.2, 0.25) is 0 Å². The molecule has 0 aromatic carbocycles. The van der Waals surface area contributed by atoms with Crippen molar-refractivity contribution >= 4 is 19.1 Å². The molecule has 0 aliphatic rings. The van der Waals surface area contributed by atoms with Crippen molar-refractivity contribution in [1.29, 1.82) is 0 Å². The van der Waals surface area contributed by atoms with Crippen LogP contribution in [0.4, 0.5) is 5.82 Å². The Kier molecular flexibility index (Phi) is 1.66. The van der Waals surface area contributed by atoms with Crippen LogP contribution in [-0.4, -0.2) is 17.8 Å². The van der Waals surface area contributed by atoms with Crippen molar-refractivity contribution in [3.8, 4) is 0 Å². The summed E-state index contributed by atoms with van der Waals surface area (Å²) in [6.45, 7) is 0. The van der Waals surface area contributed by atoms with Crippen LogP contribution in [0, 0.1) is 10.1 Å². The summed E-state index contributed by atoms with van der Waals surface area (Å²) in [6.07, 6.45) is 1.33. The zero-order valence-electron chi connectivity index (χ0n) is 5.02. The topological polar surface area (TPSA) is 56.0 Å². The minimum absolute atomic E-state index is 0.0903. The predicted molar refractivity (Wildman–Crippen MR) is 36.3 cm³/mol. The Morgan fingerprint density at radius 3 is 2.80 bits per heavy atom. The highest BCUT2D eigenvalue weighted by Gasteiger charge is 2.07. The third kappa shape index (κ3) is 1.13. The van der Waals surface area contributed by atoms with Crippen molar-refractivity contribution in [3.63, 3.8) is 0 Å². The fraction of sp³-hybridized carbons (Fsp3) is 0. The first-order chi connectivity index (χ1) is 4.72. The zero-order valence-corrected chi connectivity index (χ0v) is 5.02. The molecule has 0 bridgehead atoms. The summed E-state index contributed by atoms with van der Waals surface area (Å²) in [6, 6.07) is 2.98. The fourth-order valence-corrected chi connectivity index (χ4v) is 0.562. The first-order valence-corrected chi connectivity index (χ1v) is 2.56. The lowest BCUT2D eigenvalue weighted by atomic mass is 9.97. The number of hydrogen-bond donors (Lipinski definition) is 0. The second-order valence-electron chi connectivity index (χ2n) is 1.67. The molecule has 5 heteroatoms. The smallest absolute Gasteiger partial charge is 0.356 e. The van der Waals surface area contributed by atoms with Crippen molar-refractivity contribution in [2.45, 2.75) is 0 Å². The van der Waals surface area contributed by atoms with Gasteiger partial charge in [-0.15, -0.1) is 0 Å². The van der Waals surface area contributed by atoms with Crippen LogP contribution >= 0.6 is 0 Å². The summed E-state index contributed by atoms with van der Waals surface area (Å²) in [5.74, 6) is -0.289. The summed E-state index contributed by atoms with van der Waals surface area (Å²) in [5.41, 5.74) is 0.0903. The third-order valence-corrected chi connectivity index (χ3v) is 0.990. The van der Waals surface area contributed by atoms with Crippen LogP contribution < -0.4 is 5.46 Å². The van der Waals surface area contributed by atoms with Gasteiger partial charge in [0, 0.05) is 0 Å². The van der Waals surface area contributed by atoms with Crippen molar-refractivity contribution in [2.75, 3.05) is 0 Å². The van der Waals surface area contributed by atoms with Crippen LogP contribution in [0.1, 0.15) is 0 Å².